The van der Waals surface area contributed by atoms with Crippen molar-refractivity contribution in [1.82, 2.24) is 5.32 Å². The van der Waals surface area contributed by atoms with Crippen molar-refractivity contribution in [2.24, 2.45) is 0 Å². The van der Waals surface area contributed by atoms with E-state index < -0.39 is 29.0 Å². The second kappa shape index (κ2) is 6.66. The van der Waals surface area contributed by atoms with Crippen molar-refractivity contribution in [3.63, 3.8) is 0 Å². The Hall–Kier alpha value is -1.96. The first-order valence-corrected chi connectivity index (χ1v) is 7.60. The van der Waals surface area contributed by atoms with Gasteiger partial charge in [0.1, 0.15) is 6.10 Å². The van der Waals surface area contributed by atoms with Crippen LogP contribution in [-0.2, 0) is 20.3 Å². The molecule has 0 aliphatic carbocycles. The number of amides is 2. The van der Waals surface area contributed by atoms with Crippen molar-refractivity contribution < 1.29 is 22.9 Å². The van der Waals surface area contributed by atoms with Crippen molar-refractivity contribution in [2.75, 3.05) is 24.0 Å². The number of cyclic esters (lactones) is 1. The first kappa shape index (κ1) is 15.4. The summed E-state index contributed by atoms with van der Waals surface area (Å²) in [6.45, 7) is 1.95. The van der Waals surface area contributed by atoms with Crippen LogP contribution < -0.4 is 10.2 Å². The maximum atomic E-state index is 12.3. The fourth-order valence-electron chi connectivity index (χ4n) is 1.94. The zero-order valence-corrected chi connectivity index (χ0v) is 12.2. The quantitative estimate of drug-likeness (QED) is 0.885. The lowest BCUT2D eigenvalue weighted by Crippen LogP contribution is -2.33. The molecule has 8 heteroatoms. The molecule has 2 amide bonds. The molecule has 1 aliphatic heterocycles. The van der Waals surface area contributed by atoms with E-state index in [4.69, 9.17) is 4.74 Å². The largest absolute Gasteiger partial charge is 0.442 e. The number of halogens is 1. The Labute approximate surface area is 123 Å². The van der Waals surface area contributed by atoms with Gasteiger partial charge in [0.15, 0.2) is 6.01 Å². The van der Waals surface area contributed by atoms with Crippen molar-refractivity contribution in [2.45, 2.75) is 17.9 Å². The maximum Gasteiger partial charge on any atom is 0.414 e. The predicted octanol–water partition coefficient (Wildman–Crippen LogP) is 1.18. The second-order valence-corrected chi connectivity index (χ2v) is 5.88. The number of carbonyl (C=O) groups excluding carboxylic acids is 2. The number of rotatable bonds is 5. The normalized spacial score (nSPS) is 19.2. The molecular weight excluding hydrogens is 299 g/mol. The monoisotopic (exact) mass is 314 g/mol. The molecule has 0 saturated carbocycles. The van der Waals surface area contributed by atoms with Gasteiger partial charge < -0.3 is 10.1 Å². The molecule has 0 aromatic heterocycles. The Morgan fingerprint density at radius 3 is 2.71 bits per heavy atom. The summed E-state index contributed by atoms with van der Waals surface area (Å²) in [7, 11) is -1.67. The average Bonchev–Trinajstić information content (AvgIpc) is 2.85. The van der Waals surface area contributed by atoms with Crippen LogP contribution in [0.1, 0.15) is 6.92 Å². The van der Waals surface area contributed by atoms with E-state index in [9.17, 15) is 18.2 Å². The van der Waals surface area contributed by atoms with Gasteiger partial charge in [0, 0.05) is 17.5 Å². The molecule has 0 radical (unpaired) electrons. The van der Waals surface area contributed by atoms with Crippen LogP contribution in [0, 0.1) is 0 Å². The molecule has 1 saturated heterocycles. The fraction of sp³-hybridized carbons (Fsp3) is 0.385. The van der Waals surface area contributed by atoms with E-state index in [1.165, 1.54) is 24.0 Å². The third-order valence-electron chi connectivity index (χ3n) is 2.96. The van der Waals surface area contributed by atoms with Gasteiger partial charge in [-0.15, -0.1) is 0 Å². The van der Waals surface area contributed by atoms with E-state index in [0.717, 1.165) is 0 Å². The van der Waals surface area contributed by atoms with Gasteiger partial charge in [-0.05, 0) is 24.3 Å². The van der Waals surface area contributed by atoms with Crippen LogP contribution in [0.4, 0.5) is 14.9 Å². The lowest BCUT2D eigenvalue weighted by atomic mass is 10.2. The zero-order valence-electron chi connectivity index (χ0n) is 11.4. The standard InChI is InChI=1S/C13H15FN2O4S/c1-9(17)15-6-11-7-16(13(18)20-11)10-2-4-12(5-3-10)21(19)8-14/h2-5,11H,6-8H2,1H3,(H,15,17)/t11-,21?/m0/s1. The topological polar surface area (TPSA) is 75.7 Å². The first-order valence-electron chi connectivity index (χ1n) is 6.28. The predicted molar refractivity (Wildman–Crippen MR) is 75.1 cm³/mol. The van der Waals surface area contributed by atoms with E-state index in [2.05, 4.69) is 5.32 Å². The van der Waals surface area contributed by atoms with Gasteiger partial charge >= 0.3 is 6.09 Å². The van der Waals surface area contributed by atoms with Crippen molar-refractivity contribution >= 4 is 28.5 Å². The molecule has 1 unspecified atom stereocenters. The van der Waals surface area contributed by atoms with E-state index >= 15 is 0 Å². The maximum absolute atomic E-state index is 12.3. The summed E-state index contributed by atoms with van der Waals surface area (Å²) in [6.07, 6.45) is -0.925. The molecule has 1 aromatic carbocycles. The minimum atomic E-state index is -1.67. The van der Waals surface area contributed by atoms with Gasteiger partial charge in [0.2, 0.25) is 5.91 Å². The number of nitrogens with zero attached hydrogens (tertiary/aromatic N) is 1. The molecule has 1 fully saturated rings. The Morgan fingerprint density at radius 2 is 2.14 bits per heavy atom. The minimum absolute atomic E-state index is 0.192. The molecule has 2 atom stereocenters. The summed E-state index contributed by atoms with van der Waals surface area (Å²) in [5.74, 6) is -0.192. The smallest absolute Gasteiger partial charge is 0.414 e. The highest BCUT2D eigenvalue weighted by atomic mass is 32.2. The van der Waals surface area contributed by atoms with Crippen molar-refractivity contribution in [1.29, 1.82) is 0 Å². The number of carbonyl (C=O) groups is 2. The summed E-state index contributed by atoms with van der Waals surface area (Å²) in [5.41, 5.74) is 0.574. The molecular formula is C13H15FN2O4S. The highest BCUT2D eigenvalue weighted by Gasteiger charge is 2.32. The zero-order chi connectivity index (χ0) is 15.4. The van der Waals surface area contributed by atoms with Crippen LogP contribution in [0.25, 0.3) is 0 Å². The van der Waals surface area contributed by atoms with Gasteiger partial charge in [-0.2, -0.15) is 0 Å². The lowest BCUT2D eigenvalue weighted by Gasteiger charge is -2.13. The van der Waals surface area contributed by atoms with Gasteiger partial charge in [-0.25, -0.2) is 9.18 Å². The van der Waals surface area contributed by atoms with Gasteiger partial charge in [-0.1, -0.05) is 0 Å². The highest BCUT2D eigenvalue weighted by Crippen LogP contribution is 2.22. The average molecular weight is 314 g/mol. The van der Waals surface area contributed by atoms with Crippen LogP contribution >= 0.6 is 0 Å². The van der Waals surface area contributed by atoms with Crippen LogP contribution in [0.15, 0.2) is 29.2 Å². The fourth-order valence-corrected chi connectivity index (χ4v) is 2.50. The number of hydrogen-bond donors (Lipinski definition) is 1. The van der Waals surface area contributed by atoms with Crippen LogP contribution in [0.2, 0.25) is 0 Å². The number of hydrogen-bond acceptors (Lipinski definition) is 4. The molecule has 0 bridgehead atoms. The second-order valence-electron chi connectivity index (χ2n) is 4.50. The van der Waals surface area contributed by atoms with Gasteiger partial charge in [0.25, 0.3) is 0 Å². The van der Waals surface area contributed by atoms with Gasteiger partial charge in [-0.3, -0.25) is 13.9 Å². The van der Waals surface area contributed by atoms with Gasteiger partial charge in [0.05, 0.1) is 23.9 Å². The molecule has 1 aromatic rings. The molecule has 2 rings (SSSR count). The number of benzene rings is 1. The molecule has 21 heavy (non-hydrogen) atoms. The van der Waals surface area contributed by atoms with Crippen molar-refractivity contribution in [3.05, 3.63) is 24.3 Å². The summed E-state index contributed by atoms with van der Waals surface area (Å²) < 4.78 is 28.7. The summed E-state index contributed by atoms with van der Waals surface area (Å²) >= 11 is 0. The Morgan fingerprint density at radius 1 is 1.48 bits per heavy atom. The lowest BCUT2D eigenvalue weighted by molar-refractivity contribution is -0.119. The summed E-state index contributed by atoms with van der Waals surface area (Å²) in [6, 6.07) is 5.26. The summed E-state index contributed by atoms with van der Waals surface area (Å²) in [4.78, 5) is 24.4. The SMILES string of the molecule is CC(=O)NC[C@H]1CN(c2ccc(S(=O)CF)cc2)C(=O)O1. The van der Waals surface area contributed by atoms with Crippen LogP contribution in [-0.4, -0.2) is 41.4 Å². The number of nitrogens with one attached hydrogen (secondary N) is 1. The third-order valence-corrected chi connectivity index (χ3v) is 3.96. The molecule has 1 heterocycles. The molecule has 114 valence electrons. The van der Waals surface area contributed by atoms with E-state index in [-0.39, 0.29) is 12.5 Å². The number of anilines is 1. The Kier molecular flexibility index (Phi) is 4.89. The summed E-state index contributed by atoms with van der Waals surface area (Å²) in [5, 5.41) is 2.59. The molecule has 1 aliphatic rings. The minimum Gasteiger partial charge on any atom is -0.442 e. The highest BCUT2D eigenvalue weighted by molar-refractivity contribution is 7.84. The van der Waals surface area contributed by atoms with E-state index in [1.807, 2.05) is 0 Å². The van der Waals surface area contributed by atoms with Crippen LogP contribution in [0.5, 0.6) is 0 Å². The Bertz CT molecular complexity index is 564. The van der Waals surface area contributed by atoms with Crippen LogP contribution in [0.3, 0.4) is 0 Å². The molecule has 6 nitrogen and oxygen atoms in total. The van der Waals surface area contributed by atoms with E-state index in [0.29, 0.717) is 17.1 Å². The number of alkyl halides is 1. The Balaban J connectivity index is 2.03. The molecule has 0 spiro atoms. The number of ether oxygens (including phenoxy) is 1. The third kappa shape index (κ3) is 3.78. The first-order chi connectivity index (χ1) is 10.0. The van der Waals surface area contributed by atoms with Crippen molar-refractivity contribution in [3.8, 4) is 0 Å². The van der Waals surface area contributed by atoms with E-state index in [1.54, 1.807) is 12.1 Å². The molecule has 1 N–H and O–H groups in total.